The fourth-order valence-electron chi connectivity index (χ4n) is 3.28. The molecule has 1 aliphatic heterocycles. The summed E-state index contributed by atoms with van der Waals surface area (Å²) < 4.78 is 14.8. The highest BCUT2D eigenvalue weighted by Crippen LogP contribution is 2.21. The SMILES string of the molecule is CC(=O)N1CCCN(c2nccc(-c3cnn(-c4ccc(F)cc4)c3)n2)CC1. The molecular formula is C20H21FN6O. The van der Waals surface area contributed by atoms with E-state index >= 15 is 0 Å². The number of halogens is 1. The maximum Gasteiger partial charge on any atom is 0.225 e. The van der Waals surface area contributed by atoms with Crippen LogP contribution in [0.25, 0.3) is 16.9 Å². The summed E-state index contributed by atoms with van der Waals surface area (Å²) in [4.78, 5) is 24.7. The van der Waals surface area contributed by atoms with Gasteiger partial charge in [0.05, 0.1) is 17.6 Å². The van der Waals surface area contributed by atoms with Crippen molar-refractivity contribution in [3.8, 4) is 16.9 Å². The van der Waals surface area contributed by atoms with E-state index in [1.165, 1.54) is 12.1 Å². The van der Waals surface area contributed by atoms with Gasteiger partial charge < -0.3 is 9.80 Å². The zero-order valence-corrected chi connectivity index (χ0v) is 15.6. The lowest BCUT2D eigenvalue weighted by Gasteiger charge is -2.21. The molecule has 0 saturated carbocycles. The van der Waals surface area contributed by atoms with Crippen LogP contribution in [-0.2, 0) is 4.79 Å². The topological polar surface area (TPSA) is 67.2 Å². The first-order valence-electron chi connectivity index (χ1n) is 9.24. The van der Waals surface area contributed by atoms with Crippen molar-refractivity contribution in [1.29, 1.82) is 0 Å². The van der Waals surface area contributed by atoms with Crippen LogP contribution in [0, 0.1) is 5.82 Å². The van der Waals surface area contributed by atoms with Gasteiger partial charge in [-0.3, -0.25) is 4.79 Å². The van der Waals surface area contributed by atoms with Crippen molar-refractivity contribution in [2.24, 2.45) is 0 Å². The summed E-state index contributed by atoms with van der Waals surface area (Å²) in [5.74, 6) is 0.472. The molecular weight excluding hydrogens is 359 g/mol. The summed E-state index contributed by atoms with van der Waals surface area (Å²) >= 11 is 0. The van der Waals surface area contributed by atoms with Crippen LogP contribution in [-0.4, -0.2) is 56.7 Å². The molecule has 1 amide bonds. The molecule has 1 aliphatic rings. The summed E-state index contributed by atoms with van der Waals surface area (Å²) in [7, 11) is 0. The van der Waals surface area contributed by atoms with E-state index in [0.29, 0.717) is 19.0 Å². The van der Waals surface area contributed by atoms with Gasteiger partial charge in [-0.05, 0) is 36.8 Å². The van der Waals surface area contributed by atoms with Gasteiger partial charge in [-0.2, -0.15) is 5.10 Å². The molecule has 7 nitrogen and oxygen atoms in total. The third-order valence-corrected chi connectivity index (χ3v) is 4.84. The van der Waals surface area contributed by atoms with Crippen LogP contribution < -0.4 is 4.90 Å². The third-order valence-electron chi connectivity index (χ3n) is 4.84. The number of rotatable bonds is 3. The third kappa shape index (κ3) is 3.85. The zero-order chi connectivity index (χ0) is 19.5. The Labute approximate surface area is 162 Å². The molecule has 1 aromatic carbocycles. The minimum absolute atomic E-state index is 0.102. The molecule has 3 heterocycles. The number of carbonyl (C=O) groups is 1. The minimum atomic E-state index is -0.280. The number of carbonyl (C=O) groups excluding carboxylic acids is 1. The van der Waals surface area contributed by atoms with E-state index < -0.39 is 0 Å². The smallest absolute Gasteiger partial charge is 0.225 e. The molecule has 0 bridgehead atoms. The Hall–Kier alpha value is -3.29. The Morgan fingerprint density at radius 3 is 2.68 bits per heavy atom. The normalized spacial score (nSPS) is 14.8. The van der Waals surface area contributed by atoms with Gasteiger partial charge in [0.1, 0.15) is 5.82 Å². The summed E-state index contributed by atoms with van der Waals surface area (Å²) in [5, 5.41) is 4.36. The van der Waals surface area contributed by atoms with Crippen LogP contribution in [0.4, 0.5) is 10.3 Å². The van der Waals surface area contributed by atoms with Gasteiger partial charge in [0.15, 0.2) is 0 Å². The highest BCUT2D eigenvalue weighted by molar-refractivity contribution is 5.73. The van der Waals surface area contributed by atoms with Crippen LogP contribution >= 0.6 is 0 Å². The monoisotopic (exact) mass is 380 g/mol. The molecule has 8 heteroatoms. The van der Waals surface area contributed by atoms with Gasteiger partial charge in [0.25, 0.3) is 0 Å². The lowest BCUT2D eigenvalue weighted by atomic mass is 10.2. The van der Waals surface area contributed by atoms with Gasteiger partial charge in [-0.25, -0.2) is 19.0 Å². The number of nitrogens with zero attached hydrogens (tertiary/aromatic N) is 6. The van der Waals surface area contributed by atoms with Gasteiger partial charge >= 0.3 is 0 Å². The highest BCUT2D eigenvalue weighted by atomic mass is 19.1. The van der Waals surface area contributed by atoms with Crippen molar-refractivity contribution in [2.45, 2.75) is 13.3 Å². The van der Waals surface area contributed by atoms with Crippen LogP contribution in [0.15, 0.2) is 48.9 Å². The van der Waals surface area contributed by atoms with Crippen molar-refractivity contribution in [3.63, 3.8) is 0 Å². The lowest BCUT2D eigenvalue weighted by Crippen LogP contribution is -2.34. The molecule has 2 aromatic heterocycles. The Balaban J connectivity index is 1.54. The van der Waals surface area contributed by atoms with Gasteiger partial charge in [-0.15, -0.1) is 0 Å². The van der Waals surface area contributed by atoms with Crippen molar-refractivity contribution in [3.05, 3.63) is 54.7 Å². The molecule has 0 radical (unpaired) electrons. The van der Waals surface area contributed by atoms with Gasteiger partial charge in [0.2, 0.25) is 11.9 Å². The molecule has 144 valence electrons. The van der Waals surface area contributed by atoms with Gasteiger partial charge in [0, 0.05) is 51.1 Å². The first kappa shape index (κ1) is 18.1. The summed E-state index contributed by atoms with van der Waals surface area (Å²) in [6, 6.07) is 8.01. The fourth-order valence-corrected chi connectivity index (χ4v) is 3.28. The second-order valence-electron chi connectivity index (χ2n) is 6.74. The maximum atomic E-state index is 13.1. The molecule has 0 N–H and O–H groups in total. The lowest BCUT2D eigenvalue weighted by molar-refractivity contribution is -0.128. The van der Waals surface area contributed by atoms with Crippen molar-refractivity contribution in [2.75, 3.05) is 31.1 Å². The van der Waals surface area contributed by atoms with Crippen molar-refractivity contribution in [1.82, 2.24) is 24.6 Å². The molecule has 0 aliphatic carbocycles. The second kappa shape index (κ2) is 7.75. The molecule has 3 aromatic rings. The molecule has 28 heavy (non-hydrogen) atoms. The predicted octanol–water partition coefficient (Wildman–Crippen LogP) is 2.53. The van der Waals surface area contributed by atoms with Crippen LogP contribution in [0.3, 0.4) is 0 Å². The highest BCUT2D eigenvalue weighted by Gasteiger charge is 2.19. The van der Waals surface area contributed by atoms with E-state index in [1.54, 1.807) is 36.1 Å². The van der Waals surface area contributed by atoms with Gasteiger partial charge in [-0.1, -0.05) is 0 Å². The number of anilines is 1. The van der Waals surface area contributed by atoms with E-state index in [2.05, 4.69) is 15.0 Å². The van der Waals surface area contributed by atoms with E-state index in [1.807, 2.05) is 17.2 Å². The number of aromatic nitrogens is 4. The molecule has 0 atom stereocenters. The summed E-state index contributed by atoms with van der Waals surface area (Å²) in [6.45, 7) is 4.55. The Kier molecular flexibility index (Phi) is 5.01. The van der Waals surface area contributed by atoms with Crippen molar-refractivity contribution < 1.29 is 9.18 Å². The Morgan fingerprint density at radius 2 is 1.89 bits per heavy atom. The molecule has 1 saturated heterocycles. The predicted molar refractivity (Wildman–Crippen MR) is 104 cm³/mol. The second-order valence-corrected chi connectivity index (χ2v) is 6.74. The Bertz CT molecular complexity index is 971. The first-order chi connectivity index (χ1) is 13.6. The van der Waals surface area contributed by atoms with E-state index in [4.69, 9.17) is 4.98 Å². The van der Waals surface area contributed by atoms with Crippen molar-refractivity contribution >= 4 is 11.9 Å². The van der Waals surface area contributed by atoms with Crippen LogP contribution in [0.5, 0.6) is 0 Å². The molecule has 0 unspecified atom stereocenters. The van der Waals surface area contributed by atoms with Crippen LogP contribution in [0.1, 0.15) is 13.3 Å². The van der Waals surface area contributed by atoms with E-state index in [-0.39, 0.29) is 11.7 Å². The maximum absolute atomic E-state index is 13.1. The average molecular weight is 380 g/mol. The van der Waals surface area contributed by atoms with E-state index in [9.17, 15) is 9.18 Å². The van der Waals surface area contributed by atoms with E-state index in [0.717, 1.165) is 36.5 Å². The zero-order valence-electron chi connectivity index (χ0n) is 15.6. The first-order valence-corrected chi connectivity index (χ1v) is 9.24. The fraction of sp³-hybridized carbons (Fsp3) is 0.300. The molecule has 4 rings (SSSR count). The summed E-state index contributed by atoms with van der Waals surface area (Å²) in [5.41, 5.74) is 2.40. The molecule has 1 fully saturated rings. The minimum Gasteiger partial charge on any atom is -0.341 e. The average Bonchev–Trinajstić information content (AvgIpc) is 3.06. The number of amides is 1. The largest absolute Gasteiger partial charge is 0.341 e. The summed E-state index contributed by atoms with van der Waals surface area (Å²) in [6.07, 6.45) is 6.21. The number of benzene rings is 1. The number of hydrogen-bond donors (Lipinski definition) is 0. The molecule has 0 spiro atoms. The quantitative estimate of drug-likeness (QED) is 0.699. The van der Waals surface area contributed by atoms with Crippen LogP contribution in [0.2, 0.25) is 0 Å². The Morgan fingerprint density at radius 1 is 1.07 bits per heavy atom. The number of hydrogen-bond acceptors (Lipinski definition) is 5. The standard InChI is InChI=1S/C20H21FN6O/c1-15(28)25-9-2-10-26(12-11-25)20-22-8-7-19(24-20)16-13-23-27(14-16)18-5-3-17(21)4-6-18/h3-8,13-14H,2,9-12H2,1H3.